The van der Waals surface area contributed by atoms with Crippen LogP contribution in [0.3, 0.4) is 0 Å². The molecular weight excluding hydrogens is 408 g/mol. The summed E-state index contributed by atoms with van der Waals surface area (Å²) in [7, 11) is 0. The summed E-state index contributed by atoms with van der Waals surface area (Å²) in [6, 6.07) is 6.54. The first kappa shape index (κ1) is 21.5. The van der Waals surface area contributed by atoms with Gasteiger partial charge in [-0.1, -0.05) is 0 Å². The van der Waals surface area contributed by atoms with E-state index < -0.39 is 11.9 Å². The second-order valence-electron chi connectivity index (χ2n) is 8.34. The van der Waals surface area contributed by atoms with E-state index in [9.17, 15) is 9.59 Å². The van der Waals surface area contributed by atoms with Crippen molar-refractivity contribution in [3.05, 3.63) is 76.9 Å². The maximum Gasteiger partial charge on any atom is 0.345 e. The molecule has 164 valence electrons. The van der Waals surface area contributed by atoms with Gasteiger partial charge in [-0.3, -0.25) is 9.97 Å². The van der Waals surface area contributed by atoms with Gasteiger partial charge in [0.2, 0.25) is 0 Å². The van der Waals surface area contributed by atoms with Gasteiger partial charge in [-0.2, -0.15) is 0 Å². The van der Waals surface area contributed by atoms with Crippen LogP contribution in [-0.2, 0) is 6.42 Å². The van der Waals surface area contributed by atoms with E-state index in [0.717, 1.165) is 12.0 Å². The van der Waals surface area contributed by atoms with E-state index >= 15 is 0 Å². The molecule has 0 fully saturated rings. The lowest BCUT2D eigenvalue weighted by Gasteiger charge is -2.35. The second kappa shape index (κ2) is 8.42. The van der Waals surface area contributed by atoms with Crippen LogP contribution < -0.4 is 14.2 Å². The van der Waals surface area contributed by atoms with Gasteiger partial charge in [0.15, 0.2) is 11.5 Å². The summed E-state index contributed by atoms with van der Waals surface area (Å²) in [5.74, 6) is -0.113. The van der Waals surface area contributed by atoms with Gasteiger partial charge < -0.3 is 14.2 Å². The largest absolute Gasteiger partial charge is 0.487 e. The van der Waals surface area contributed by atoms with Gasteiger partial charge in [0.1, 0.15) is 11.4 Å². The number of rotatable bonds is 4. The summed E-state index contributed by atoms with van der Waals surface area (Å²) < 4.78 is 17.8. The monoisotopic (exact) mass is 432 g/mol. The fourth-order valence-corrected chi connectivity index (χ4v) is 3.60. The Morgan fingerprint density at radius 2 is 1.47 bits per heavy atom. The van der Waals surface area contributed by atoms with E-state index in [4.69, 9.17) is 14.2 Å². The molecule has 7 heteroatoms. The number of esters is 2. The predicted molar refractivity (Wildman–Crippen MR) is 117 cm³/mol. The average Bonchev–Trinajstić information content (AvgIpc) is 2.80. The molecule has 1 aromatic carbocycles. The molecule has 1 aliphatic heterocycles. The predicted octanol–water partition coefficient (Wildman–Crippen LogP) is 4.64. The lowest BCUT2D eigenvalue weighted by Crippen LogP contribution is -2.33. The summed E-state index contributed by atoms with van der Waals surface area (Å²) >= 11 is 0. The number of hydrogen-bond acceptors (Lipinski definition) is 7. The first-order chi connectivity index (χ1) is 15.3. The molecule has 32 heavy (non-hydrogen) atoms. The minimum absolute atomic E-state index is 0.199. The number of hydrogen-bond donors (Lipinski definition) is 0. The van der Waals surface area contributed by atoms with Crippen LogP contribution in [0.4, 0.5) is 0 Å². The van der Waals surface area contributed by atoms with Crippen LogP contribution in [0.15, 0.2) is 49.1 Å². The number of benzene rings is 1. The maximum absolute atomic E-state index is 12.9. The lowest BCUT2D eigenvalue weighted by atomic mass is 9.90. The van der Waals surface area contributed by atoms with Crippen molar-refractivity contribution in [1.29, 1.82) is 0 Å². The third kappa shape index (κ3) is 4.19. The van der Waals surface area contributed by atoms with Crippen molar-refractivity contribution in [1.82, 2.24) is 9.97 Å². The Kier molecular flexibility index (Phi) is 5.65. The Balaban J connectivity index is 1.81. The number of carbonyl (C=O) groups is 2. The molecule has 0 amide bonds. The van der Waals surface area contributed by atoms with Crippen LogP contribution in [0.1, 0.15) is 57.7 Å². The molecule has 0 unspecified atom stereocenters. The van der Waals surface area contributed by atoms with Crippen LogP contribution in [0.5, 0.6) is 17.2 Å². The Hall–Kier alpha value is -3.74. The highest BCUT2D eigenvalue weighted by Crippen LogP contribution is 2.48. The molecule has 0 bridgehead atoms. The minimum Gasteiger partial charge on any atom is -0.487 e. The third-order valence-electron chi connectivity index (χ3n) is 5.54. The molecule has 0 saturated heterocycles. The fraction of sp³-hybridized carbons (Fsp3) is 0.280. The van der Waals surface area contributed by atoms with E-state index in [0.29, 0.717) is 34.4 Å². The van der Waals surface area contributed by atoms with Crippen LogP contribution >= 0.6 is 0 Å². The highest BCUT2D eigenvalue weighted by atomic mass is 16.6. The molecule has 3 heterocycles. The van der Waals surface area contributed by atoms with Crippen molar-refractivity contribution in [2.24, 2.45) is 0 Å². The summed E-state index contributed by atoms with van der Waals surface area (Å²) in [4.78, 5) is 33.6. The van der Waals surface area contributed by atoms with Gasteiger partial charge in [0.25, 0.3) is 0 Å². The van der Waals surface area contributed by atoms with Gasteiger partial charge in [0.05, 0.1) is 11.1 Å². The molecule has 7 nitrogen and oxygen atoms in total. The third-order valence-corrected chi connectivity index (χ3v) is 5.54. The number of nitrogens with zero attached hydrogens (tertiary/aromatic N) is 2. The zero-order chi connectivity index (χ0) is 22.9. The molecule has 3 aromatic rings. The van der Waals surface area contributed by atoms with E-state index in [1.807, 2.05) is 27.7 Å². The maximum atomic E-state index is 12.9. The van der Waals surface area contributed by atoms with E-state index in [1.54, 1.807) is 36.7 Å². The quantitative estimate of drug-likeness (QED) is 0.438. The summed E-state index contributed by atoms with van der Waals surface area (Å²) in [5, 5.41) is 0. The Labute approximate surface area is 186 Å². The van der Waals surface area contributed by atoms with Crippen molar-refractivity contribution in [2.45, 2.75) is 46.1 Å². The first-order valence-electron chi connectivity index (χ1n) is 10.4. The molecule has 2 aromatic heterocycles. The molecule has 0 radical (unpaired) electrons. The molecular formula is C25H24N2O5. The first-order valence-corrected chi connectivity index (χ1v) is 10.4. The molecule has 4 rings (SSSR count). The summed E-state index contributed by atoms with van der Waals surface area (Å²) in [5.41, 5.74) is 2.43. The van der Waals surface area contributed by atoms with E-state index in [1.165, 1.54) is 12.4 Å². The Bertz CT molecular complexity index is 1170. The average molecular weight is 432 g/mol. The van der Waals surface area contributed by atoms with Crippen molar-refractivity contribution < 1.29 is 23.8 Å². The highest BCUT2D eigenvalue weighted by Gasteiger charge is 2.34. The number of pyridine rings is 2. The highest BCUT2D eigenvalue weighted by molar-refractivity contribution is 5.93. The Morgan fingerprint density at radius 3 is 2.00 bits per heavy atom. The van der Waals surface area contributed by atoms with E-state index in [-0.39, 0.29) is 17.1 Å². The SMILES string of the molecule is Cc1c(C)c(OC(=O)c2cccnc2)c(OC(=O)c2cccnc2)c2c1OC(C)(C)CC2. The number of fused-ring (bicyclic) bond motifs is 1. The molecule has 0 atom stereocenters. The lowest BCUT2D eigenvalue weighted by molar-refractivity contribution is 0.0656. The molecule has 0 saturated carbocycles. The molecule has 0 aliphatic carbocycles. The smallest absolute Gasteiger partial charge is 0.345 e. The zero-order valence-corrected chi connectivity index (χ0v) is 18.5. The number of aromatic nitrogens is 2. The number of ether oxygens (including phenoxy) is 3. The van der Waals surface area contributed by atoms with Gasteiger partial charge in [0, 0.05) is 35.9 Å². The summed E-state index contributed by atoms with van der Waals surface area (Å²) in [6.45, 7) is 7.75. The van der Waals surface area contributed by atoms with Gasteiger partial charge in [-0.05, 0) is 70.4 Å². The van der Waals surface area contributed by atoms with Crippen LogP contribution in [0.2, 0.25) is 0 Å². The van der Waals surface area contributed by atoms with Crippen LogP contribution in [0, 0.1) is 13.8 Å². The molecule has 1 aliphatic rings. The van der Waals surface area contributed by atoms with Gasteiger partial charge in [-0.25, -0.2) is 9.59 Å². The van der Waals surface area contributed by atoms with Crippen LogP contribution in [-0.4, -0.2) is 27.5 Å². The van der Waals surface area contributed by atoms with Crippen molar-refractivity contribution in [3.63, 3.8) is 0 Å². The zero-order valence-electron chi connectivity index (χ0n) is 18.5. The topological polar surface area (TPSA) is 87.6 Å². The van der Waals surface area contributed by atoms with Crippen molar-refractivity contribution >= 4 is 11.9 Å². The fourth-order valence-electron chi connectivity index (χ4n) is 3.60. The Morgan fingerprint density at radius 1 is 0.906 bits per heavy atom. The molecule has 0 spiro atoms. The van der Waals surface area contributed by atoms with Crippen molar-refractivity contribution in [2.75, 3.05) is 0 Å². The minimum atomic E-state index is -0.591. The normalized spacial score (nSPS) is 14.1. The molecule has 0 N–H and O–H groups in total. The van der Waals surface area contributed by atoms with Crippen LogP contribution in [0.25, 0.3) is 0 Å². The van der Waals surface area contributed by atoms with Gasteiger partial charge >= 0.3 is 11.9 Å². The number of carbonyl (C=O) groups excluding carboxylic acids is 2. The van der Waals surface area contributed by atoms with E-state index in [2.05, 4.69) is 9.97 Å². The summed E-state index contributed by atoms with van der Waals surface area (Å²) in [6.07, 6.45) is 7.33. The second-order valence-corrected chi connectivity index (χ2v) is 8.34. The van der Waals surface area contributed by atoms with Gasteiger partial charge in [-0.15, -0.1) is 0 Å². The standard InChI is InChI=1S/C25H24N2O5/c1-15-16(2)21(30-23(28)17-7-5-11-26-13-17)22(19-9-10-25(3,4)32-20(15)19)31-24(29)18-8-6-12-27-14-18/h5-8,11-14H,9-10H2,1-4H3. The van der Waals surface area contributed by atoms with Crippen molar-refractivity contribution in [3.8, 4) is 17.2 Å².